The van der Waals surface area contributed by atoms with Crippen LogP contribution >= 0.6 is 0 Å². The Morgan fingerprint density at radius 2 is 2.14 bits per heavy atom. The zero-order valence-corrected chi connectivity index (χ0v) is 12.0. The maximum Gasteiger partial charge on any atom is 0.257 e. The number of nitrogens with two attached hydrogens (primary N) is 1. The maximum absolute atomic E-state index is 12.9. The van der Waals surface area contributed by atoms with Gasteiger partial charge >= 0.3 is 0 Å². The fourth-order valence-corrected chi connectivity index (χ4v) is 2.62. The molecule has 1 aliphatic rings. The van der Waals surface area contributed by atoms with Crippen LogP contribution in [-0.2, 0) is 6.54 Å². The lowest BCUT2D eigenvalue weighted by Crippen LogP contribution is -2.45. The highest BCUT2D eigenvalue weighted by Crippen LogP contribution is 2.20. The molecule has 0 bridgehead atoms. The van der Waals surface area contributed by atoms with Crippen LogP contribution < -0.4 is 5.73 Å². The second-order valence-corrected chi connectivity index (χ2v) is 5.69. The van der Waals surface area contributed by atoms with Gasteiger partial charge in [-0.3, -0.25) is 4.90 Å². The molecule has 0 aliphatic carbocycles. The van der Waals surface area contributed by atoms with Crippen molar-refractivity contribution in [3.8, 4) is 11.5 Å². The topological polar surface area (TPSA) is 68.2 Å². The van der Waals surface area contributed by atoms with Crippen molar-refractivity contribution in [2.75, 3.05) is 13.1 Å². The fraction of sp³-hybridized carbons (Fsp3) is 0.467. The van der Waals surface area contributed by atoms with Crippen LogP contribution in [0.1, 0.15) is 19.2 Å². The number of rotatable bonds is 3. The number of aromatic nitrogens is 2. The van der Waals surface area contributed by atoms with E-state index >= 15 is 0 Å². The Morgan fingerprint density at radius 3 is 2.86 bits per heavy atom. The van der Waals surface area contributed by atoms with E-state index in [-0.39, 0.29) is 11.9 Å². The number of hydrogen-bond acceptors (Lipinski definition) is 5. The van der Waals surface area contributed by atoms with Crippen LogP contribution in [0, 0.1) is 11.7 Å². The molecule has 5 nitrogen and oxygen atoms in total. The van der Waals surface area contributed by atoms with Crippen LogP contribution in [0.4, 0.5) is 4.39 Å². The number of piperidine rings is 1. The number of nitrogens with zero attached hydrogens (tertiary/aromatic N) is 3. The van der Waals surface area contributed by atoms with Gasteiger partial charge in [-0.2, -0.15) is 4.98 Å². The Morgan fingerprint density at radius 1 is 1.38 bits per heavy atom. The Kier molecular flexibility index (Phi) is 3.98. The number of halogens is 1. The lowest BCUT2D eigenvalue weighted by atomic mass is 9.95. The molecule has 2 atom stereocenters. The summed E-state index contributed by atoms with van der Waals surface area (Å²) in [7, 11) is 0. The van der Waals surface area contributed by atoms with Crippen LogP contribution in [0.15, 0.2) is 28.8 Å². The van der Waals surface area contributed by atoms with Crippen molar-refractivity contribution < 1.29 is 8.91 Å². The molecule has 0 saturated carbocycles. The van der Waals surface area contributed by atoms with Crippen molar-refractivity contribution >= 4 is 0 Å². The molecule has 1 fully saturated rings. The molecule has 0 spiro atoms. The van der Waals surface area contributed by atoms with E-state index in [2.05, 4.69) is 22.0 Å². The second-order valence-electron chi connectivity index (χ2n) is 5.69. The van der Waals surface area contributed by atoms with Gasteiger partial charge in [0.1, 0.15) is 5.82 Å². The molecule has 112 valence electrons. The van der Waals surface area contributed by atoms with Gasteiger partial charge in [0.15, 0.2) is 5.82 Å². The third-order valence-electron chi connectivity index (χ3n) is 3.98. The normalized spacial score (nSPS) is 23.4. The molecule has 1 saturated heterocycles. The Balaban J connectivity index is 1.66. The van der Waals surface area contributed by atoms with Crippen LogP contribution in [-0.4, -0.2) is 34.2 Å². The molecular formula is C15H19FN4O. The molecule has 0 radical (unpaired) electrons. The van der Waals surface area contributed by atoms with Crippen molar-refractivity contribution in [3.63, 3.8) is 0 Å². The van der Waals surface area contributed by atoms with Crippen LogP contribution in [0.2, 0.25) is 0 Å². The van der Waals surface area contributed by atoms with Crippen LogP contribution in [0.5, 0.6) is 0 Å². The first kappa shape index (κ1) is 14.2. The minimum absolute atomic E-state index is 0.279. The summed E-state index contributed by atoms with van der Waals surface area (Å²) in [6.45, 7) is 4.71. The molecular weight excluding hydrogens is 271 g/mol. The molecule has 21 heavy (non-hydrogen) atoms. The molecule has 1 aliphatic heterocycles. The van der Waals surface area contributed by atoms with Gasteiger partial charge in [0.05, 0.1) is 6.54 Å². The summed E-state index contributed by atoms with van der Waals surface area (Å²) in [5.41, 5.74) is 6.75. The van der Waals surface area contributed by atoms with Gasteiger partial charge in [0, 0.05) is 24.7 Å². The van der Waals surface area contributed by atoms with E-state index in [1.165, 1.54) is 12.1 Å². The summed E-state index contributed by atoms with van der Waals surface area (Å²) >= 11 is 0. The van der Waals surface area contributed by atoms with E-state index in [1.807, 2.05) is 0 Å². The minimum Gasteiger partial charge on any atom is -0.334 e. The Labute approximate surface area is 122 Å². The molecule has 6 heteroatoms. The van der Waals surface area contributed by atoms with Crippen molar-refractivity contribution in [1.29, 1.82) is 0 Å². The zero-order valence-electron chi connectivity index (χ0n) is 12.0. The van der Waals surface area contributed by atoms with Gasteiger partial charge in [0.25, 0.3) is 5.89 Å². The average molecular weight is 290 g/mol. The Hall–Kier alpha value is -1.79. The van der Waals surface area contributed by atoms with Gasteiger partial charge < -0.3 is 10.3 Å². The van der Waals surface area contributed by atoms with Gasteiger partial charge in [-0.15, -0.1) is 0 Å². The van der Waals surface area contributed by atoms with E-state index < -0.39 is 0 Å². The van der Waals surface area contributed by atoms with Crippen LogP contribution in [0.25, 0.3) is 11.5 Å². The zero-order chi connectivity index (χ0) is 14.8. The lowest BCUT2D eigenvalue weighted by molar-refractivity contribution is 0.153. The van der Waals surface area contributed by atoms with E-state index in [4.69, 9.17) is 10.3 Å². The molecule has 3 rings (SSSR count). The molecule has 1 aromatic heterocycles. The predicted octanol–water partition coefficient (Wildman–Crippen LogP) is 2.04. The van der Waals surface area contributed by atoms with Crippen LogP contribution in [0.3, 0.4) is 0 Å². The summed E-state index contributed by atoms with van der Waals surface area (Å²) in [4.78, 5) is 6.66. The van der Waals surface area contributed by atoms with Crippen molar-refractivity contribution in [1.82, 2.24) is 15.0 Å². The smallest absolute Gasteiger partial charge is 0.257 e. The fourth-order valence-electron chi connectivity index (χ4n) is 2.62. The SMILES string of the molecule is CC1CN(Cc2noc(-c3ccc(F)cc3)n2)CCC1N. The quantitative estimate of drug-likeness (QED) is 0.937. The molecule has 2 N–H and O–H groups in total. The largest absolute Gasteiger partial charge is 0.334 e. The highest BCUT2D eigenvalue weighted by molar-refractivity contribution is 5.52. The third-order valence-corrected chi connectivity index (χ3v) is 3.98. The Bertz CT molecular complexity index is 598. The van der Waals surface area contributed by atoms with Crippen molar-refractivity contribution in [2.45, 2.75) is 25.9 Å². The highest BCUT2D eigenvalue weighted by atomic mass is 19.1. The first-order valence-electron chi connectivity index (χ1n) is 7.18. The number of likely N-dealkylation sites (tertiary alicyclic amines) is 1. The van der Waals surface area contributed by atoms with E-state index in [0.717, 1.165) is 25.1 Å². The minimum atomic E-state index is -0.280. The number of hydrogen-bond donors (Lipinski definition) is 1. The molecule has 0 amide bonds. The van der Waals surface area contributed by atoms with Gasteiger partial charge in [-0.1, -0.05) is 12.1 Å². The van der Waals surface area contributed by atoms with Crippen molar-refractivity contribution in [2.24, 2.45) is 11.7 Å². The summed E-state index contributed by atoms with van der Waals surface area (Å²) in [5.74, 6) is 1.27. The molecule has 1 aromatic carbocycles. The number of benzene rings is 1. The first-order chi connectivity index (χ1) is 10.1. The van der Waals surface area contributed by atoms with Gasteiger partial charge in [-0.25, -0.2) is 4.39 Å². The highest BCUT2D eigenvalue weighted by Gasteiger charge is 2.24. The van der Waals surface area contributed by atoms with Gasteiger partial charge in [0.2, 0.25) is 0 Å². The van der Waals surface area contributed by atoms with Gasteiger partial charge in [-0.05, 0) is 36.6 Å². The summed E-state index contributed by atoms with van der Waals surface area (Å²) in [6.07, 6.45) is 0.990. The molecule has 2 unspecified atom stereocenters. The first-order valence-corrected chi connectivity index (χ1v) is 7.18. The summed E-state index contributed by atoms with van der Waals surface area (Å²) in [6, 6.07) is 6.31. The third kappa shape index (κ3) is 3.28. The standard InChI is InChI=1S/C15H19FN4O/c1-10-8-20(7-6-13(10)17)9-14-18-15(21-19-14)11-2-4-12(16)5-3-11/h2-5,10,13H,6-9,17H2,1H3. The van der Waals surface area contributed by atoms with E-state index in [0.29, 0.717) is 24.2 Å². The summed E-state index contributed by atoms with van der Waals surface area (Å²) in [5, 5.41) is 4.00. The molecule has 2 heterocycles. The molecule has 2 aromatic rings. The lowest BCUT2D eigenvalue weighted by Gasteiger charge is -2.34. The van der Waals surface area contributed by atoms with E-state index in [9.17, 15) is 4.39 Å². The second kappa shape index (κ2) is 5.91. The van der Waals surface area contributed by atoms with Crippen molar-refractivity contribution in [3.05, 3.63) is 35.9 Å². The predicted molar refractivity (Wildman–Crippen MR) is 76.7 cm³/mol. The summed E-state index contributed by atoms with van der Waals surface area (Å²) < 4.78 is 18.1. The maximum atomic E-state index is 12.9. The van der Waals surface area contributed by atoms with E-state index in [1.54, 1.807) is 12.1 Å². The monoisotopic (exact) mass is 290 g/mol. The average Bonchev–Trinajstić information content (AvgIpc) is 2.92.